The fourth-order valence-corrected chi connectivity index (χ4v) is 4.42. The molecule has 0 atom stereocenters. The predicted molar refractivity (Wildman–Crippen MR) is 85.1 cm³/mol. The van der Waals surface area contributed by atoms with Crippen LogP contribution in [0.15, 0.2) is 47.6 Å². The first-order chi connectivity index (χ1) is 11.5. The van der Waals surface area contributed by atoms with E-state index >= 15 is 0 Å². The molecule has 0 amide bonds. The Morgan fingerprint density at radius 2 is 1.83 bits per heavy atom. The molecule has 1 aromatic heterocycles. The summed E-state index contributed by atoms with van der Waals surface area (Å²) in [6.45, 7) is -2.04. The van der Waals surface area contributed by atoms with Gasteiger partial charge < -0.3 is 0 Å². The second-order valence-electron chi connectivity index (χ2n) is 5.97. The lowest BCUT2D eigenvalue weighted by Gasteiger charge is -2.30. The SMILES string of the molecule is O=S(=O)(c1cnn(C(F)F)c1)N1CCC(Cc2ccccc2)CC1. The Balaban J connectivity index is 1.62. The van der Waals surface area contributed by atoms with E-state index in [4.69, 9.17) is 0 Å². The van der Waals surface area contributed by atoms with Crippen LogP contribution in [0, 0.1) is 5.92 Å². The summed E-state index contributed by atoms with van der Waals surface area (Å²) in [5.74, 6) is 0.433. The topological polar surface area (TPSA) is 55.2 Å². The number of alkyl halides is 2. The Hall–Kier alpha value is -1.80. The molecule has 1 aromatic carbocycles. The van der Waals surface area contributed by atoms with Gasteiger partial charge in [0.2, 0.25) is 10.0 Å². The van der Waals surface area contributed by atoms with Gasteiger partial charge in [0.05, 0.1) is 12.4 Å². The number of hydrogen-bond donors (Lipinski definition) is 0. The fraction of sp³-hybridized carbons (Fsp3) is 0.438. The molecule has 1 fully saturated rings. The van der Waals surface area contributed by atoms with Gasteiger partial charge in [-0.2, -0.15) is 18.2 Å². The fourth-order valence-electron chi connectivity index (χ4n) is 3.01. The molecule has 1 aliphatic heterocycles. The highest BCUT2D eigenvalue weighted by Crippen LogP contribution is 2.26. The number of benzene rings is 1. The van der Waals surface area contributed by atoms with Gasteiger partial charge >= 0.3 is 6.55 Å². The van der Waals surface area contributed by atoms with Crippen LogP contribution >= 0.6 is 0 Å². The number of aromatic nitrogens is 2. The average molecular weight is 355 g/mol. The van der Waals surface area contributed by atoms with Crippen molar-refractivity contribution in [3.63, 3.8) is 0 Å². The molecule has 24 heavy (non-hydrogen) atoms. The van der Waals surface area contributed by atoms with Crippen LogP contribution in [0.1, 0.15) is 25.0 Å². The van der Waals surface area contributed by atoms with Gasteiger partial charge in [-0.15, -0.1) is 0 Å². The zero-order chi connectivity index (χ0) is 17.2. The van der Waals surface area contributed by atoms with E-state index in [9.17, 15) is 17.2 Å². The van der Waals surface area contributed by atoms with Crippen molar-refractivity contribution in [2.75, 3.05) is 13.1 Å². The standard InChI is InChI=1S/C16H19F2N3O2S/c17-16(18)21-12-15(11-19-21)24(22,23)20-8-6-14(7-9-20)10-13-4-2-1-3-5-13/h1-5,11-12,14,16H,6-10H2. The van der Waals surface area contributed by atoms with Crippen LogP contribution in [-0.4, -0.2) is 35.6 Å². The van der Waals surface area contributed by atoms with Crippen LogP contribution in [-0.2, 0) is 16.4 Å². The van der Waals surface area contributed by atoms with Gasteiger partial charge in [-0.25, -0.2) is 13.1 Å². The second-order valence-corrected chi connectivity index (χ2v) is 7.91. The number of piperidine rings is 1. The van der Waals surface area contributed by atoms with Crippen molar-refractivity contribution in [3.05, 3.63) is 48.3 Å². The summed E-state index contributed by atoms with van der Waals surface area (Å²) in [5, 5.41) is 3.41. The quantitative estimate of drug-likeness (QED) is 0.829. The summed E-state index contributed by atoms with van der Waals surface area (Å²) < 4.78 is 51.9. The van der Waals surface area contributed by atoms with E-state index in [1.54, 1.807) is 0 Å². The van der Waals surface area contributed by atoms with Crippen LogP contribution in [0.5, 0.6) is 0 Å². The molecule has 8 heteroatoms. The summed E-state index contributed by atoms with van der Waals surface area (Å²) in [4.78, 5) is -0.177. The molecule has 5 nitrogen and oxygen atoms in total. The van der Waals surface area contributed by atoms with Gasteiger partial charge in [0.25, 0.3) is 0 Å². The zero-order valence-corrected chi connectivity index (χ0v) is 13.9. The molecule has 3 rings (SSSR count). The lowest BCUT2D eigenvalue weighted by Crippen LogP contribution is -2.38. The van der Waals surface area contributed by atoms with Crippen molar-refractivity contribution in [2.24, 2.45) is 5.92 Å². The Labute approximate surface area is 139 Å². The Kier molecular flexibility index (Phi) is 4.96. The summed E-state index contributed by atoms with van der Waals surface area (Å²) in [6, 6.07) is 10.1. The molecule has 0 bridgehead atoms. The van der Waals surface area contributed by atoms with Crippen molar-refractivity contribution in [3.8, 4) is 0 Å². The molecular weight excluding hydrogens is 336 g/mol. The maximum Gasteiger partial charge on any atom is 0.333 e. The van der Waals surface area contributed by atoms with Gasteiger partial charge in [0.1, 0.15) is 4.90 Å². The van der Waals surface area contributed by atoms with E-state index in [0.29, 0.717) is 23.7 Å². The highest BCUT2D eigenvalue weighted by atomic mass is 32.2. The van der Waals surface area contributed by atoms with E-state index in [2.05, 4.69) is 17.2 Å². The molecule has 0 aliphatic carbocycles. The Bertz CT molecular complexity index is 770. The van der Waals surface area contributed by atoms with E-state index in [1.807, 2.05) is 18.2 Å². The summed E-state index contributed by atoms with van der Waals surface area (Å²) >= 11 is 0. The minimum atomic E-state index is -3.75. The van der Waals surface area contributed by atoms with E-state index in [0.717, 1.165) is 31.7 Å². The molecular formula is C16H19F2N3O2S. The summed E-state index contributed by atoms with van der Waals surface area (Å²) in [5.41, 5.74) is 1.25. The maximum absolute atomic E-state index is 12.6. The lowest BCUT2D eigenvalue weighted by atomic mass is 9.91. The molecule has 2 aromatic rings. The van der Waals surface area contributed by atoms with E-state index in [-0.39, 0.29) is 4.90 Å². The molecule has 0 unspecified atom stereocenters. The van der Waals surface area contributed by atoms with Gasteiger partial charge in [-0.1, -0.05) is 30.3 Å². The molecule has 1 saturated heterocycles. The largest absolute Gasteiger partial charge is 0.333 e. The molecule has 130 valence electrons. The highest BCUT2D eigenvalue weighted by molar-refractivity contribution is 7.89. The third-order valence-corrected chi connectivity index (χ3v) is 6.21. The molecule has 1 aliphatic rings. The average Bonchev–Trinajstić information content (AvgIpc) is 3.07. The molecule has 0 radical (unpaired) electrons. The number of hydrogen-bond acceptors (Lipinski definition) is 3. The lowest BCUT2D eigenvalue weighted by molar-refractivity contribution is 0.0563. The minimum Gasteiger partial charge on any atom is -0.210 e. The summed E-state index contributed by atoms with van der Waals surface area (Å²) in [7, 11) is -3.75. The third kappa shape index (κ3) is 3.64. The van der Waals surface area contributed by atoms with Crippen molar-refractivity contribution in [1.82, 2.24) is 14.1 Å². The van der Waals surface area contributed by atoms with E-state index in [1.165, 1.54) is 9.87 Å². The monoisotopic (exact) mass is 355 g/mol. The number of nitrogens with zero attached hydrogens (tertiary/aromatic N) is 3. The normalized spacial score (nSPS) is 17.5. The predicted octanol–water partition coefficient (Wildman–Crippen LogP) is 2.92. The van der Waals surface area contributed by atoms with Crippen molar-refractivity contribution >= 4 is 10.0 Å². The number of sulfonamides is 1. The molecule has 0 spiro atoms. The molecule has 0 saturated carbocycles. The van der Waals surface area contributed by atoms with Crippen LogP contribution < -0.4 is 0 Å². The summed E-state index contributed by atoms with van der Waals surface area (Å²) in [6.07, 6.45) is 4.32. The van der Waals surface area contributed by atoms with Crippen LogP contribution in [0.4, 0.5) is 8.78 Å². The van der Waals surface area contributed by atoms with Crippen molar-refractivity contribution < 1.29 is 17.2 Å². The van der Waals surface area contributed by atoms with Crippen LogP contribution in [0.25, 0.3) is 0 Å². The Morgan fingerprint density at radius 1 is 1.17 bits per heavy atom. The van der Waals surface area contributed by atoms with Gasteiger partial charge in [0, 0.05) is 13.1 Å². The number of halogens is 2. The van der Waals surface area contributed by atoms with Gasteiger partial charge in [-0.05, 0) is 30.7 Å². The van der Waals surface area contributed by atoms with Crippen LogP contribution in [0.2, 0.25) is 0 Å². The smallest absolute Gasteiger partial charge is 0.210 e. The maximum atomic E-state index is 12.6. The Morgan fingerprint density at radius 3 is 2.42 bits per heavy atom. The highest BCUT2D eigenvalue weighted by Gasteiger charge is 2.30. The second kappa shape index (κ2) is 6.98. The van der Waals surface area contributed by atoms with Crippen LogP contribution in [0.3, 0.4) is 0 Å². The van der Waals surface area contributed by atoms with Gasteiger partial charge in [-0.3, -0.25) is 0 Å². The molecule has 2 heterocycles. The first-order valence-electron chi connectivity index (χ1n) is 7.83. The van der Waals surface area contributed by atoms with Crippen molar-refractivity contribution in [1.29, 1.82) is 0 Å². The zero-order valence-electron chi connectivity index (χ0n) is 13.1. The van der Waals surface area contributed by atoms with E-state index < -0.39 is 16.6 Å². The minimum absolute atomic E-state index is 0.177. The van der Waals surface area contributed by atoms with Gasteiger partial charge in [0.15, 0.2) is 0 Å². The first kappa shape index (κ1) is 17.0. The third-order valence-electron chi connectivity index (χ3n) is 4.36. The van der Waals surface area contributed by atoms with Crippen molar-refractivity contribution in [2.45, 2.75) is 30.7 Å². The molecule has 0 N–H and O–H groups in total. The first-order valence-corrected chi connectivity index (χ1v) is 9.27. The number of rotatable bonds is 5.